The van der Waals surface area contributed by atoms with Gasteiger partial charge in [-0.25, -0.2) is 8.42 Å². The number of hydrogen-bond donors (Lipinski definition) is 0. The number of allylic oxidation sites excluding steroid dienone is 1. The first kappa shape index (κ1) is 21.5. The van der Waals surface area contributed by atoms with Crippen LogP contribution in [0.4, 0.5) is 0 Å². The van der Waals surface area contributed by atoms with Crippen molar-refractivity contribution in [2.75, 3.05) is 19.0 Å². The lowest BCUT2D eigenvalue weighted by Gasteiger charge is -2.25. The average molecular weight is 438 g/mol. The van der Waals surface area contributed by atoms with Gasteiger partial charge in [0.1, 0.15) is 12.4 Å². The minimum absolute atomic E-state index is 0.0640. The largest absolute Gasteiger partial charge is 0.489 e. The molecule has 0 N–H and O–H groups in total. The quantitative estimate of drug-likeness (QED) is 0.470. The number of para-hydroxylation sites is 1. The molecule has 1 atom stereocenters. The van der Waals surface area contributed by atoms with Crippen molar-refractivity contribution in [3.05, 3.63) is 78.5 Å². The lowest BCUT2D eigenvalue weighted by Crippen LogP contribution is -2.30. The molecule has 0 aliphatic carbocycles. The van der Waals surface area contributed by atoms with Crippen molar-refractivity contribution >= 4 is 20.7 Å². The third kappa shape index (κ3) is 4.81. The fraction of sp³-hybridized carbons (Fsp3) is 0.320. The van der Waals surface area contributed by atoms with Gasteiger partial charge in [0.15, 0.2) is 9.84 Å². The second-order valence-corrected chi connectivity index (χ2v) is 10.2. The molecule has 0 bridgehead atoms. The third-order valence-corrected chi connectivity index (χ3v) is 7.75. The number of aromatic nitrogens is 1. The third-order valence-electron chi connectivity index (χ3n) is 5.77. The van der Waals surface area contributed by atoms with Crippen LogP contribution in [0.25, 0.3) is 10.9 Å². The van der Waals surface area contributed by atoms with E-state index in [2.05, 4.69) is 11.6 Å². The molecule has 162 valence electrons. The predicted octanol–water partition coefficient (Wildman–Crippen LogP) is 4.88. The molecule has 0 amide bonds. The van der Waals surface area contributed by atoms with Crippen LogP contribution in [0.2, 0.25) is 0 Å². The van der Waals surface area contributed by atoms with Gasteiger partial charge in [0.05, 0.1) is 22.8 Å². The lowest BCUT2D eigenvalue weighted by atomic mass is 9.86. The van der Waals surface area contributed by atoms with Crippen LogP contribution in [0.1, 0.15) is 24.1 Å². The zero-order valence-electron chi connectivity index (χ0n) is 17.7. The van der Waals surface area contributed by atoms with Gasteiger partial charge in [-0.2, -0.15) is 0 Å². The molecule has 1 saturated heterocycles. The number of pyridine rings is 1. The molecule has 4 rings (SSSR count). The fourth-order valence-electron chi connectivity index (χ4n) is 4.19. The van der Waals surface area contributed by atoms with Crippen molar-refractivity contribution in [3.63, 3.8) is 0 Å². The molecule has 5 nitrogen and oxygen atoms in total. The molecule has 31 heavy (non-hydrogen) atoms. The maximum absolute atomic E-state index is 13.0. The van der Waals surface area contributed by atoms with Crippen molar-refractivity contribution in [3.8, 4) is 5.75 Å². The number of nitrogens with zero attached hydrogens (tertiary/aromatic N) is 1. The Labute approximate surface area is 183 Å². The summed E-state index contributed by atoms with van der Waals surface area (Å²) in [5.74, 6) is 0.691. The van der Waals surface area contributed by atoms with E-state index >= 15 is 0 Å². The number of rotatable bonds is 8. The molecule has 1 unspecified atom stereocenters. The Balaban J connectivity index is 1.48. The molecular formula is C25H27NO4S. The van der Waals surface area contributed by atoms with Crippen molar-refractivity contribution in [1.29, 1.82) is 0 Å². The Morgan fingerprint density at radius 2 is 1.97 bits per heavy atom. The Hall–Kier alpha value is -2.70. The summed E-state index contributed by atoms with van der Waals surface area (Å²) in [6, 6.07) is 16.7. The first-order valence-corrected chi connectivity index (χ1v) is 12.1. The van der Waals surface area contributed by atoms with E-state index in [0.29, 0.717) is 36.9 Å². The summed E-state index contributed by atoms with van der Waals surface area (Å²) in [6.45, 7) is 7.18. The van der Waals surface area contributed by atoms with E-state index in [0.717, 1.165) is 28.6 Å². The normalized spacial score (nSPS) is 18.9. The summed E-state index contributed by atoms with van der Waals surface area (Å²) in [4.78, 5) is 4.86. The van der Waals surface area contributed by atoms with Gasteiger partial charge in [-0.1, -0.05) is 24.3 Å². The van der Waals surface area contributed by atoms with E-state index in [4.69, 9.17) is 9.47 Å². The Kier molecular flexibility index (Phi) is 6.12. The summed E-state index contributed by atoms with van der Waals surface area (Å²) in [7, 11) is -3.43. The predicted molar refractivity (Wildman–Crippen MR) is 122 cm³/mol. The molecule has 0 radical (unpaired) electrons. The molecule has 3 aromatic rings. The highest BCUT2D eigenvalue weighted by atomic mass is 32.2. The van der Waals surface area contributed by atoms with E-state index in [1.54, 1.807) is 30.3 Å². The SMILES string of the molecule is C=CCC1(CS(=O)(=O)c2ccc(OCc3cc(C)nc4ccccc34)cc2)CCOC1. The van der Waals surface area contributed by atoms with E-state index in [-0.39, 0.29) is 11.2 Å². The molecule has 1 fully saturated rings. The maximum Gasteiger partial charge on any atom is 0.179 e. The van der Waals surface area contributed by atoms with Gasteiger partial charge in [-0.15, -0.1) is 6.58 Å². The number of sulfone groups is 1. The van der Waals surface area contributed by atoms with Gasteiger partial charge in [-0.05, 0) is 56.2 Å². The van der Waals surface area contributed by atoms with Crippen molar-refractivity contribution < 1.29 is 17.9 Å². The van der Waals surface area contributed by atoms with E-state index in [1.165, 1.54) is 0 Å². The monoisotopic (exact) mass is 437 g/mol. The van der Waals surface area contributed by atoms with Crippen LogP contribution in [0.3, 0.4) is 0 Å². The summed E-state index contributed by atoms with van der Waals surface area (Å²) >= 11 is 0. The van der Waals surface area contributed by atoms with Crippen LogP contribution < -0.4 is 4.74 Å². The minimum Gasteiger partial charge on any atom is -0.489 e. The standard InChI is InChI=1S/C25H27NO4S/c1-3-12-25(13-14-29-17-25)18-31(27,28)22-10-8-21(9-11-22)30-16-20-15-19(2)26-24-7-5-4-6-23(20)24/h3-11,15H,1,12-14,16-18H2,2H3. The Morgan fingerprint density at radius 1 is 1.19 bits per heavy atom. The topological polar surface area (TPSA) is 65.5 Å². The molecule has 2 aromatic carbocycles. The van der Waals surface area contributed by atoms with Crippen molar-refractivity contribution in [2.45, 2.75) is 31.3 Å². The zero-order chi connectivity index (χ0) is 21.9. The lowest BCUT2D eigenvalue weighted by molar-refractivity contribution is 0.161. The number of hydrogen-bond acceptors (Lipinski definition) is 5. The molecule has 0 spiro atoms. The Bertz CT molecular complexity index is 1180. The summed E-state index contributed by atoms with van der Waals surface area (Å²) in [5, 5.41) is 1.05. The van der Waals surface area contributed by atoms with Gasteiger partial charge < -0.3 is 9.47 Å². The van der Waals surface area contributed by atoms with E-state index in [9.17, 15) is 8.42 Å². The maximum atomic E-state index is 13.0. The molecule has 2 heterocycles. The molecule has 0 saturated carbocycles. The van der Waals surface area contributed by atoms with Crippen LogP contribution in [0.15, 0.2) is 72.1 Å². The number of aryl methyl sites for hydroxylation is 1. The molecule has 1 aliphatic heterocycles. The fourth-order valence-corrected chi connectivity index (χ4v) is 6.06. The van der Waals surface area contributed by atoms with Gasteiger partial charge in [0, 0.05) is 28.7 Å². The second kappa shape index (κ2) is 8.81. The number of ether oxygens (including phenoxy) is 2. The van der Waals surface area contributed by atoms with Gasteiger partial charge in [0.25, 0.3) is 0 Å². The van der Waals surface area contributed by atoms with Crippen LogP contribution in [-0.4, -0.2) is 32.4 Å². The summed E-state index contributed by atoms with van der Waals surface area (Å²) in [5.41, 5.74) is 2.54. The van der Waals surface area contributed by atoms with Crippen LogP contribution in [-0.2, 0) is 21.2 Å². The first-order valence-electron chi connectivity index (χ1n) is 10.4. The minimum atomic E-state index is -3.43. The van der Waals surface area contributed by atoms with E-state index < -0.39 is 9.84 Å². The van der Waals surface area contributed by atoms with Crippen LogP contribution in [0.5, 0.6) is 5.75 Å². The zero-order valence-corrected chi connectivity index (χ0v) is 18.5. The molecular weight excluding hydrogens is 410 g/mol. The van der Waals surface area contributed by atoms with E-state index in [1.807, 2.05) is 37.3 Å². The molecule has 1 aromatic heterocycles. The second-order valence-electron chi connectivity index (χ2n) is 8.25. The first-order chi connectivity index (χ1) is 14.9. The number of fused-ring (bicyclic) bond motifs is 1. The van der Waals surface area contributed by atoms with Crippen LogP contribution >= 0.6 is 0 Å². The summed E-state index contributed by atoms with van der Waals surface area (Å²) < 4.78 is 37.5. The van der Waals surface area contributed by atoms with Crippen LogP contribution in [0, 0.1) is 12.3 Å². The summed E-state index contributed by atoms with van der Waals surface area (Å²) in [6.07, 6.45) is 3.15. The highest BCUT2D eigenvalue weighted by molar-refractivity contribution is 7.91. The van der Waals surface area contributed by atoms with Gasteiger partial charge in [-0.3, -0.25) is 4.98 Å². The molecule has 1 aliphatic rings. The van der Waals surface area contributed by atoms with Gasteiger partial charge >= 0.3 is 0 Å². The highest BCUT2D eigenvalue weighted by Gasteiger charge is 2.38. The highest BCUT2D eigenvalue weighted by Crippen LogP contribution is 2.36. The average Bonchev–Trinajstić information content (AvgIpc) is 3.19. The smallest absolute Gasteiger partial charge is 0.179 e. The van der Waals surface area contributed by atoms with Crippen molar-refractivity contribution in [1.82, 2.24) is 4.98 Å². The number of benzene rings is 2. The van der Waals surface area contributed by atoms with Crippen molar-refractivity contribution in [2.24, 2.45) is 5.41 Å². The van der Waals surface area contributed by atoms with Gasteiger partial charge in [0.2, 0.25) is 0 Å². The Morgan fingerprint density at radius 3 is 2.68 bits per heavy atom. The molecule has 6 heteroatoms.